The van der Waals surface area contributed by atoms with Gasteiger partial charge in [-0.2, -0.15) is 0 Å². The van der Waals surface area contributed by atoms with Crippen molar-refractivity contribution in [1.29, 1.82) is 0 Å². The largest absolute Gasteiger partial charge is 0.493 e. The fourth-order valence-electron chi connectivity index (χ4n) is 2.06. The predicted octanol–water partition coefficient (Wildman–Crippen LogP) is 3.26. The molecule has 0 saturated heterocycles. The van der Waals surface area contributed by atoms with Crippen LogP contribution in [0.5, 0.6) is 17.4 Å². The maximum atomic E-state index is 5.50. The third-order valence-electron chi connectivity index (χ3n) is 2.90. The number of aromatic nitrogens is 2. The van der Waals surface area contributed by atoms with Crippen LogP contribution in [0.3, 0.4) is 0 Å². The lowest BCUT2D eigenvalue weighted by atomic mass is 10.1. The van der Waals surface area contributed by atoms with E-state index in [-0.39, 0.29) is 6.10 Å². The molecule has 0 fully saturated rings. The minimum absolute atomic E-state index is 0.0683. The van der Waals surface area contributed by atoms with Gasteiger partial charge in [0, 0.05) is 11.6 Å². The van der Waals surface area contributed by atoms with E-state index >= 15 is 0 Å². The van der Waals surface area contributed by atoms with Crippen molar-refractivity contribution < 1.29 is 14.2 Å². The van der Waals surface area contributed by atoms with Crippen LogP contribution in [-0.2, 0) is 0 Å². The summed E-state index contributed by atoms with van der Waals surface area (Å²) in [6.45, 7) is 5.89. The molecule has 0 saturated carbocycles. The molecule has 112 valence electrons. The van der Waals surface area contributed by atoms with Gasteiger partial charge in [-0.1, -0.05) is 0 Å². The van der Waals surface area contributed by atoms with Gasteiger partial charge in [-0.15, -0.1) is 10.2 Å². The standard InChI is InChI=1S/C16H20N2O3/c1-10(2)21-15-7-6-13(17-18-15)12-8-11(3)9-14(19-4)16(12)20-5/h6-10H,1-5H3. The summed E-state index contributed by atoms with van der Waals surface area (Å²) in [6.07, 6.45) is 0.0683. The number of aryl methyl sites for hydroxylation is 1. The predicted molar refractivity (Wildman–Crippen MR) is 81.1 cm³/mol. The van der Waals surface area contributed by atoms with Crippen molar-refractivity contribution in [3.05, 3.63) is 29.8 Å². The number of benzene rings is 1. The minimum Gasteiger partial charge on any atom is -0.493 e. The Morgan fingerprint density at radius 1 is 1.00 bits per heavy atom. The molecule has 1 aromatic heterocycles. The minimum atomic E-state index is 0.0683. The number of hydrogen-bond acceptors (Lipinski definition) is 5. The molecule has 2 rings (SSSR count). The monoisotopic (exact) mass is 288 g/mol. The number of methoxy groups -OCH3 is 2. The van der Waals surface area contributed by atoms with Crippen molar-refractivity contribution in [3.8, 4) is 28.6 Å². The molecule has 0 bridgehead atoms. The Hall–Kier alpha value is -2.30. The van der Waals surface area contributed by atoms with Gasteiger partial charge in [0.2, 0.25) is 5.88 Å². The van der Waals surface area contributed by atoms with Crippen LogP contribution in [0.4, 0.5) is 0 Å². The van der Waals surface area contributed by atoms with Crippen LogP contribution in [0.15, 0.2) is 24.3 Å². The summed E-state index contributed by atoms with van der Waals surface area (Å²) in [6, 6.07) is 7.58. The van der Waals surface area contributed by atoms with Crippen LogP contribution in [0.2, 0.25) is 0 Å². The third kappa shape index (κ3) is 3.42. The second-order valence-electron chi connectivity index (χ2n) is 4.97. The highest BCUT2D eigenvalue weighted by Gasteiger charge is 2.14. The van der Waals surface area contributed by atoms with Crippen LogP contribution in [0.1, 0.15) is 19.4 Å². The van der Waals surface area contributed by atoms with Gasteiger partial charge in [0.15, 0.2) is 11.5 Å². The Balaban J connectivity index is 2.43. The lowest BCUT2D eigenvalue weighted by Gasteiger charge is -2.14. The summed E-state index contributed by atoms with van der Waals surface area (Å²) in [5, 5.41) is 8.30. The Morgan fingerprint density at radius 2 is 1.76 bits per heavy atom. The van der Waals surface area contributed by atoms with Crippen LogP contribution in [0, 0.1) is 6.92 Å². The Labute approximate surface area is 124 Å². The number of rotatable bonds is 5. The molecular weight excluding hydrogens is 268 g/mol. The summed E-state index contributed by atoms with van der Waals surface area (Å²) in [4.78, 5) is 0. The maximum Gasteiger partial charge on any atom is 0.233 e. The molecule has 0 N–H and O–H groups in total. The van der Waals surface area contributed by atoms with Gasteiger partial charge < -0.3 is 14.2 Å². The van der Waals surface area contributed by atoms with Crippen molar-refractivity contribution in [2.75, 3.05) is 14.2 Å². The molecule has 0 aliphatic heterocycles. The van der Waals surface area contributed by atoms with E-state index in [2.05, 4.69) is 10.2 Å². The van der Waals surface area contributed by atoms with Crippen molar-refractivity contribution >= 4 is 0 Å². The first-order valence-electron chi connectivity index (χ1n) is 6.78. The zero-order valence-electron chi connectivity index (χ0n) is 13.0. The average molecular weight is 288 g/mol. The van der Waals surface area contributed by atoms with Crippen molar-refractivity contribution in [2.45, 2.75) is 26.9 Å². The second-order valence-corrected chi connectivity index (χ2v) is 4.97. The van der Waals surface area contributed by atoms with Crippen molar-refractivity contribution in [2.24, 2.45) is 0 Å². The lowest BCUT2D eigenvalue weighted by Crippen LogP contribution is -2.07. The van der Waals surface area contributed by atoms with Gasteiger partial charge in [0.05, 0.1) is 26.0 Å². The third-order valence-corrected chi connectivity index (χ3v) is 2.90. The second kappa shape index (κ2) is 6.43. The number of hydrogen-bond donors (Lipinski definition) is 0. The fourth-order valence-corrected chi connectivity index (χ4v) is 2.06. The molecule has 0 unspecified atom stereocenters. The maximum absolute atomic E-state index is 5.50. The molecule has 2 aromatic rings. The zero-order chi connectivity index (χ0) is 15.4. The van der Waals surface area contributed by atoms with Gasteiger partial charge in [-0.25, -0.2) is 0 Å². The molecule has 0 atom stereocenters. The smallest absolute Gasteiger partial charge is 0.233 e. The van der Waals surface area contributed by atoms with E-state index in [9.17, 15) is 0 Å². The SMILES string of the molecule is COc1cc(C)cc(-c2ccc(OC(C)C)nn2)c1OC. The first-order valence-corrected chi connectivity index (χ1v) is 6.78. The van der Waals surface area contributed by atoms with Crippen LogP contribution in [-0.4, -0.2) is 30.5 Å². The molecule has 0 amide bonds. The normalized spacial score (nSPS) is 10.6. The van der Waals surface area contributed by atoms with Gasteiger partial charge in [-0.05, 0) is 44.5 Å². The van der Waals surface area contributed by atoms with Crippen LogP contribution in [0.25, 0.3) is 11.3 Å². The Bertz CT molecular complexity index is 610. The summed E-state index contributed by atoms with van der Waals surface area (Å²) in [5.74, 6) is 1.83. The van der Waals surface area contributed by atoms with Gasteiger partial charge in [-0.3, -0.25) is 0 Å². The molecule has 5 nitrogen and oxygen atoms in total. The van der Waals surface area contributed by atoms with Crippen LogP contribution >= 0.6 is 0 Å². The molecule has 0 spiro atoms. The topological polar surface area (TPSA) is 53.5 Å². The molecule has 21 heavy (non-hydrogen) atoms. The van der Waals surface area contributed by atoms with Crippen LogP contribution < -0.4 is 14.2 Å². The highest BCUT2D eigenvalue weighted by Crippen LogP contribution is 2.38. The first-order chi connectivity index (χ1) is 10.0. The Morgan fingerprint density at radius 3 is 2.29 bits per heavy atom. The molecule has 0 radical (unpaired) electrons. The van der Waals surface area contributed by atoms with E-state index in [0.717, 1.165) is 11.1 Å². The first kappa shape index (κ1) is 15.1. The molecule has 1 aromatic carbocycles. The summed E-state index contributed by atoms with van der Waals surface area (Å²) >= 11 is 0. The molecule has 1 heterocycles. The summed E-state index contributed by atoms with van der Waals surface area (Å²) in [7, 11) is 3.23. The van der Waals surface area contributed by atoms with E-state index in [1.54, 1.807) is 20.3 Å². The van der Waals surface area contributed by atoms with E-state index in [1.807, 2.05) is 39.0 Å². The fraction of sp³-hybridized carbons (Fsp3) is 0.375. The summed E-state index contributed by atoms with van der Waals surface area (Å²) in [5.41, 5.74) is 2.62. The molecule has 0 aliphatic rings. The number of nitrogens with zero attached hydrogens (tertiary/aromatic N) is 2. The molecular formula is C16H20N2O3. The zero-order valence-corrected chi connectivity index (χ0v) is 13.0. The van der Waals surface area contributed by atoms with Crippen molar-refractivity contribution in [3.63, 3.8) is 0 Å². The lowest BCUT2D eigenvalue weighted by molar-refractivity contribution is 0.230. The highest BCUT2D eigenvalue weighted by atomic mass is 16.5. The van der Waals surface area contributed by atoms with Gasteiger partial charge >= 0.3 is 0 Å². The van der Waals surface area contributed by atoms with E-state index < -0.39 is 0 Å². The molecule has 0 aliphatic carbocycles. The average Bonchev–Trinajstić information content (AvgIpc) is 2.46. The quantitative estimate of drug-likeness (QED) is 0.845. The van der Waals surface area contributed by atoms with Gasteiger partial charge in [0.25, 0.3) is 0 Å². The number of ether oxygens (including phenoxy) is 3. The van der Waals surface area contributed by atoms with E-state index in [0.29, 0.717) is 23.1 Å². The highest BCUT2D eigenvalue weighted by molar-refractivity contribution is 5.72. The van der Waals surface area contributed by atoms with E-state index in [1.165, 1.54) is 0 Å². The van der Waals surface area contributed by atoms with E-state index in [4.69, 9.17) is 14.2 Å². The summed E-state index contributed by atoms with van der Waals surface area (Å²) < 4.78 is 16.3. The van der Waals surface area contributed by atoms with Gasteiger partial charge in [0.1, 0.15) is 0 Å². The molecule has 5 heteroatoms. The Kier molecular flexibility index (Phi) is 4.62. The van der Waals surface area contributed by atoms with Crippen molar-refractivity contribution in [1.82, 2.24) is 10.2 Å².